The third kappa shape index (κ3) is 2.82. The van der Waals surface area contributed by atoms with Crippen molar-refractivity contribution in [2.24, 2.45) is 0 Å². The molecule has 0 atom stereocenters. The van der Waals surface area contributed by atoms with Crippen molar-refractivity contribution in [2.75, 3.05) is 39.4 Å². The zero-order valence-electron chi connectivity index (χ0n) is 13.1. The van der Waals surface area contributed by atoms with E-state index in [1.165, 1.54) is 4.68 Å². The maximum absolute atomic E-state index is 12.7. The number of piperidine rings is 1. The summed E-state index contributed by atoms with van der Waals surface area (Å²) in [5.41, 5.74) is 1.52. The van der Waals surface area contributed by atoms with Crippen LogP contribution in [0.5, 0.6) is 0 Å². The Kier molecular flexibility index (Phi) is 3.97. The van der Waals surface area contributed by atoms with Crippen molar-refractivity contribution in [1.29, 1.82) is 0 Å². The van der Waals surface area contributed by atoms with Crippen LogP contribution in [0.3, 0.4) is 0 Å². The molecule has 122 valence electrons. The molecule has 7 nitrogen and oxygen atoms in total. The maximum atomic E-state index is 12.7. The van der Waals surface area contributed by atoms with Crippen LogP contribution in [0.1, 0.15) is 12.8 Å². The van der Waals surface area contributed by atoms with Gasteiger partial charge < -0.3 is 9.64 Å². The highest BCUT2D eigenvalue weighted by Gasteiger charge is 2.29. The van der Waals surface area contributed by atoms with Gasteiger partial charge in [-0.05, 0) is 25.0 Å². The molecule has 1 amide bonds. The van der Waals surface area contributed by atoms with Gasteiger partial charge in [-0.25, -0.2) is 4.79 Å². The van der Waals surface area contributed by atoms with Crippen LogP contribution in [0, 0.1) is 0 Å². The topological polar surface area (TPSA) is 63.5 Å². The minimum absolute atomic E-state index is 0.0703. The minimum atomic E-state index is -0.0703. The van der Waals surface area contributed by atoms with Crippen LogP contribution in [0.25, 0.3) is 11.0 Å². The van der Waals surface area contributed by atoms with E-state index in [-0.39, 0.29) is 6.03 Å². The third-order valence-electron chi connectivity index (χ3n) is 4.83. The van der Waals surface area contributed by atoms with E-state index in [1.54, 1.807) is 0 Å². The van der Waals surface area contributed by atoms with Gasteiger partial charge in [-0.15, -0.1) is 5.10 Å². The van der Waals surface area contributed by atoms with Gasteiger partial charge in [0.1, 0.15) is 5.52 Å². The Bertz CT molecular complexity index is 687. The zero-order valence-corrected chi connectivity index (χ0v) is 13.1. The van der Waals surface area contributed by atoms with Crippen molar-refractivity contribution < 1.29 is 9.53 Å². The lowest BCUT2D eigenvalue weighted by Gasteiger charge is -2.39. The van der Waals surface area contributed by atoms with Gasteiger partial charge in [0.25, 0.3) is 0 Å². The second-order valence-corrected chi connectivity index (χ2v) is 6.14. The predicted octanol–water partition coefficient (Wildman–Crippen LogP) is 1.20. The molecule has 0 aliphatic carbocycles. The lowest BCUT2D eigenvalue weighted by molar-refractivity contribution is 0.00378. The van der Waals surface area contributed by atoms with E-state index in [1.807, 2.05) is 29.2 Å². The number of ether oxygens (including phenoxy) is 1. The summed E-state index contributed by atoms with van der Waals surface area (Å²) in [5.74, 6) is 0. The average Bonchev–Trinajstić information content (AvgIpc) is 3.06. The van der Waals surface area contributed by atoms with E-state index >= 15 is 0 Å². The summed E-state index contributed by atoms with van der Waals surface area (Å²) in [7, 11) is 0. The number of hydrogen-bond donors (Lipinski definition) is 0. The first-order valence-corrected chi connectivity index (χ1v) is 8.24. The number of hydrogen-bond acceptors (Lipinski definition) is 5. The van der Waals surface area contributed by atoms with Crippen molar-refractivity contribution in [3.8, 4) is 0 Å². The molecule has 2 saturated heterocycles. The van der Waals surface area contributed by atoms with Gasteiger partial charge in [0.05, 0.1) is 18.7 Å². The summed E-state index contributed by atoms with van der Waals surface area (Å²) < 4.78 is 6.84. The summed E-state index contributed by atoms with van der Waals surface area (Å²) >= 11 is 0. The first-order chi connectivity index (χ1) is 11.3. The fourth-order valence-electron chi connectivity index (χ4n) is 3.51. The summed E-state index contributed by atoms with van der Waals surface area (Å²) in [4.78, 5) is 17.1. The number of aromatic nitrogens is 3. The fraction of sp³-hybridized carbons (Fsp3) is 0.562. The molecular formula is C16H21N5O2. The van der Waals surface area contributed by atoms with Crippen LogP contribution in [-0.4, -0.2) is 76.3 Å². The number of para-hydroxylation sites is 1. The van der Waals surface area contributed by atoms with E-state index in [9.17, 15) is 4.79 Å². The molecule has 0 radical (unpaired) electrons. The van der Waals surface area contributed by atoms with Gasteiger partial charge in [0.2, 0.25) is 0 Å². The Hall–Kier alpha value is -1.99. The molecule has 0 bridgehead atoms. The highest BCUT2D eigenvalue weighted by Crippen LogP contribution is 2.19. The largest absolute Gasteiger partial charge is 0.379 e. The molecule has 2 aliphatic heterocycles. The molecule has 1 aromatic carbocycles. The van der Waals surface area contributed by atoms with Crippen LogP contribution in [0.15, 0.2) is 24.3 Å². The van der Waals surface area contributed by atoms with E-state index in [4.69, 9.17) is 4.74 Å². The summed E-state index contributed by atoms with van der Waals surface area (Å²) in [6.45, 7) is 5.21. The van der Waals surface area contributed by atoms with Gasteiger partial charge in [0.15, 0.2) is 0 Å². The van der Waals surface area contributed by atoms with Crippen molar-refractivity contribution in [1.82, 2.24) is 24.8 Å². The van der Waals surface area contributed by atoms with Crippen molar-refractivity contribution in [3.05, 3.63) is 24.3 Å². The number of likely N-dealkylation sites (tertiary alicyclic amines) is 1. The average molecular weight is 315 g/mol. The standard InChI is InChI=1S/C16H21N5O2/c22-16(21-15-4-2-1-3-14(15)17-18-21)20-7-5-13(6-8-20)19-9-11-23-12-10-19/h1-4,13H,5-12H2. The lowest BCUT2D eigenvalue weighted by Crippen LogP contribution is -2.50. The number of carbonyl (C=O) groups excluding carboxylic acids is 1. The van der Waals surface area contributed by atoms with E-state index < -0.39 is 0 Å². The number of morpholine rings is 1. The minimum Gasteiger partial charge on any atom is -0.379 e. The Morgan fingerprint density at radius 3 is 2.61 bits per heavy atom. The SMILES string of the molecule is O=C(N1CCC(N2CCOCC2)CC1)n1nnc2ccccc21. The highest BCUT2D eigenvalue weighted by molar-refractivity contribution is 5.87. The van der Waals surface area contributed by atoms with Gasteiger partial charge >= 0.3 is 6.03 Å². The Morgan fingerprint density at radius 1 is 1.09 bits per heavy atom. The number of nitrogens with zero attached hydrogens (tertiary/aromatic N) is 5. The first-order valence-electron chi connectivity index (χ1n) is 8.24. The van der Waals surface area contributed by atoms with Crippen molar-refractivity contribution >= 4 is 17.1 Å². The number of carbonyl (C=O) groups is 1. The van der Waals surface area contributed by atoms with Crippen LogP contribution in [0.4, 0.5) is 4.79 Å². The van der Waals surface area contributed by atoms with Gasteiger partial charge in [-0.1, -0.05) is 17.3 Å². The quantitative estimate of drug-likeness (QED) is 0.791. The van der Waals surface area contributed by atoms with Crippen LogP contribution < -0.4 is 0 Å². The second-order valence-electron chi connectivity index (χ2n) is 6.14. The molecule has 4 rings (SSSR count). The number of rotatable bonds is 1. The third-order valence-corrected chi connectivity index (χ3v) is 4.83. The van der Waals surface area contributed by atoms with E-state index in [0.717, 1.165) is 63.3 Å². The van der Waals surface area contributed by atoms with Crippen LogP contribution >= 0.6 is 0 Å². The van der Waals surface area contributed by atoms with Crippen molar-refractivity contribution in [3.63, 3.8) is 0 Å². The molecule has 0 spiro atoms. The summed E-state index contributed by atoms with van der Waals surface area (Å²) in [6.07, 6.45) is 2.02. The normalized spacial score (nSPS) is 21.0. The fourth-order valence-corrected chi connectivity index (χ4v) is 3.51. The molecule has 23 heavy (non-hydrogen) atoms. The molecule has 3 heterocycles. The molecule has 0 unspecified atom stereocenters. The van der Waals surface area contributed by atoms with E-state index in [2.05, 4.69) is 15.2 Å². The molecule has 2 aliphatic rings. The number of benzene rings is 1. The Balaban J connectivity index is 1.42. The van der Waals surface area contributed by atoms with Gasteiger partial charge in [-0.3, -0.25) is 4.90 Å². The van der Waals surface area contributed by atoms with Crippen LogP contribution in [-0.2, 0) is 4.74 Å². The summed E-state index contributed by atoms with van der Waals surface area (Å²) in [6, 6.07) is 8.05. The maximum Gasteiger partial charge on any atom is 0.346 e. The molecule has 2 fully saturated rings. The van der Waals surface area contributed by atoms with Gasteiger partial charge in [0, 0.05) is 32.2 Å². The molecule has 7 heteroatoms. The lowest BCUT2D eigenvalue weighted by atomic mass is 10.0. The second kappa shape index (κ2) is 6.25. The first kappa shape index (κ1) is 14.6. The monoisotopic (exact) mass is 315 g/mol. The van der Waals surface area contributed by atoms with Crippen LogP contribution in [0.2, 0.25) is 0 Å². The number of fused-ring (bicyclic) bond motifs is 1. The smallest absolute Gasteiger partial charge is 0.346 e. The molecule has 0 N–H and O–H groups in total. The molecule has 1 aromatic heterocycles. The molecule has 2 aromatic rings. The number of amides is 1. The predicted molar refractivity (Wildman–Crippen MR) is 85.3 cm³/mol. The van der Waals surface area contributed by atoms with Gasteiger partial charge in [-0.2, -0.15) is 4.68 Å². The van der Waals surface area contributed by atoms with E-state index in [0.29, 0.717) is 6.04 Å². The zero-order chi connectivity index (χ0) is 15.6. The Labute approximate surface area is 134 Å². The summed E-state index contributed by atoms with van der Waals surface area (Å²) in [5, 5.41) is 8.09. The highest BCUT2D eigenvalue weighted by atomic mass is 16.5. The molecule has 0 saturated carbocycles. The molecular weight excluding hydrogens is 294 g/mol. The Morgan fingerprint density at radius 2 is 1.83 bits per heavy atom. The van der Waals surface area contributed by atoms with Crippen molar-refractivity contribution in [2.45, 2.75) is 18.9 Å².